The quantitative estimate of drug-likeness (QED) is 0.810. The molecule has 0 unspecified atom stereocenters. The van der Waals surface area contributed by atoms with Gasteiger partial charge >= 0.3 is 0 Å². The fourth-order valence-electron chi connectivity index (χ4n) is 1.52. The lowest BCUT2D eigenvalue weighted by Crippen LogP contribution is -2.40. The van der Waals surface area contributed by atoms with E-state index < -0.39 is 8.32 Å². The first-order chi connectivity index (χ1) is 7.67. The Balaban J connectivity index is 3.09. The molecule has 0 amide bonds. The summed E-state index contributed by atoms with van der Waals surface area (Å²) < 4.78 is 0. The van der Waals surface area contributed by atoms with Gasteiger partial charge in [-0.2, -0.15) is 5.26 Å². The number of nitrogens with zero attached hydrogens (tertiary/aromatic N) is 1. The molecule has 1 rings (SSSR count). The third-order valence-electron chi connectivity index (χ3n) is 3.50. The van der Waals surface area contributed by atoms with Crippen LogP contribution in [-0.4, -0.2) is 18.2 Å². The van der Waals surface area contributed by atoms with E-state index in [1.807, 2.05) is 26.9 Å². The van der Waals surface area contributed by atoms with E-state index in [2.05, 4.69) is 6.07 Å². The van der Waals surface area contributed by atoms with E-state index >= 15 is 0 Å². The van der Waals surface area contributed by atoms with Crippen molar-refractivity contribution in [1.29, 1.82) is 5.26 Å². The van der Waals surface area contributed by atoms with Crippen molar-refractivity contribution in [3.05, 3.63) is 29.3 Å². The molecule has 4 heteroatoms. The van der Waals surface area contributed by atoms with Crippen molar-refractivity contribution in [2.45, 2.75) is 38.4 Å². The highest BCUT2D eigenvalue weighted by Crippen LogP contribution is 2.39. The molecule has 2 N–H and O–H groups in total. The van der Waals surface area contributed by atoms with Crippen LogP contribution in [0.2, 0.25) is 18.1 Å². The van der Waals surface area contributed by atoms with Gasteiger partial charge in [-0.1, -0.05) is 19.9 Å². The second-order valence-corrected chi connectivity index (χ2v) is 10.0. The third-order valence-corrected chi connectivity index (χ3v) is 6.99. The lowest BCUT2D eigenvalue weighted by atomic mass is 9.97. The number of phenolic OH excluding ortho intramolecular Hbond substituents is 1. The summed E-state index contributed by atoms with van der Waals surface area (Å²) in [7, 11) is -2.29. The summed E-state index contributed by atoms with van der Waals surface area (Å²) in [6.07, 6.45) is 0.645. The molecule has 0 aliphatic carbocycles. The molecule has 0 aliphatic rings. The Morgan fingerprint density at radius 2 is 1.94 bits per heavy atom. The minimum atomic E-state index is -2.29. The van der Waals surface area contributed by atoms with Crippen molar-refractivity contribution in [2.75, 3.05) is 0 Å². The Hall–Kier alpha value is -1.31. The summed E-state index contributed by atoms with van der Waals surface area (Å²) in [5.41, 5.74) is 1.36. The number of phenols is 1. The first-order valence-corrected chi connectivity index (χ1v) is 8.56. The van der Waals surface area contributed by atoms with Crippen LogP contribution in [-0.2, 0) is 6.42 Å². The summed E-state index contributed by atoms with van der Waals surface area (Å²) in [5, 5.41) is 18.2. The lowest BCUT2D eigenvalue weighted by Gasteiger charge is -2.35. The van der Waals surface area contributed by atoms with Crippen LogP contribution in [0.5, 0.6) is 5.75 Å². The molecule has 0 atom stereocenters. The SMILES string of the molecule is CC(C)(Cc1ccc(O)cc1C#N)[Si](C)(C)O. The molecule has 0 aromatic heterocycles. The van der Waals surface area contributed by atoms with E-state index in [4.69, 9.17) is 5.26 Å². The van der Waals surface area contributed by atoms with Gasteiger partial charge in [0.05, 0.1) is 11.6 Å². The van der Waals surface area contributed by atoms with Gasteiger partial charge in [0.1, 0.15) is 5.75 Å². The monoisotopic (exact) mass is 249 g/mol. The van der Waals surface area contributed by atoms with Gasteiger partial charge in [-0.3, -0.25) is 0 Å². The van der Waals surface area contributed by atoms with Crippen LogP contribution in [0.3, 0.4) is 0 Å². The second kappa shape index (κ2) is 4.51. The zero-order chi connectivity index (χ0) is 13.3. The number of rotatable bonds is 3. The molecule has 17 heavy (non-hydrogen) atoms. The van der Waals surface area contributed by atoms with Crippen LogP contribution in [0, 0.1) is 11.3 Å². The van der Waals surface area contributed by atoms with Crippen LogP contribution >= 0.6 is 0 Å². The maximum atomic E-state index is 10.2. The Bertz CT molecular complexity index is 455. The molecule has 0 spiro atoms. The van der Waals surface area contributed by atoms with Gasteiger partial charge in [0, 0.05) is 0 Å². The van der Waals surface area contributed by atoms with Gasteiger partial charge in [-0.05, 0) is 42.2 Å². The first kappa shape index (κ1) is 13.8. The summed E-state index contributed by atoms with van der Waals surface area (Å²) in [6, 6.07) is 6.90. The highest BCUT2D eigenvalue weighted by Gasteiger charge is 2.38. The molecule has 1 aromatic rings. The highest BCUT2D eigenvalue weighted by molar-refractivity contribution is 6.72. The molecule has 0 bridgehead atoms. The average Bonchev–Trinajstić information content (AvgIpc) is 2.18. The van der Waals surface area contributed by atoms with Gasteiger partial charge in [0.25, 0.3) is 0 Å². The summed E-state index contributed by atoms with van der Waals surface area (Å²) in [4.78, 5) is 10.2. The van der Waals surface area contributed by atoms with Crippen LogP contribution in [0.15, 0.2) is 18.2 Å². The largest absolute Gasteiger partial charge is 0.508 e. The predicted molar refractivity (Wildman–Crippen MR) is 70.3 cm³/mol. The van der Waals surface area contributed by atoms with Gasteiger partial charge in [-0.15, -0.1) is 0 Å². The number of hydrogen-bond donors (Lipinski definition) is 2. The number of aromatic hydroxyl groups is 1. The van der Waals surface area contributed by atoms with Gasteiger partial charge in [0.15, 0.2) is 8.32 Å². The Kier molecular flexibility index (Phi) is 3.65. The van der Waals surface area contributed by atoms with E-state index in [-0.39, 0.29) is 10.8 Å². The van der Waals surface area contributed by atoms with Crippen LogP contribution in [0.4, 0.5) is 0 Å². The summed E-state index contributed by atoms with van der Waals surface area (Å²) in [5.74, 6) is 0.101. The van der Waals surface area contributed by atoms with Crippen molar-refractivity contribution < 1.29 is 9.90 Å². The normalized spacial score (nSPS) is 12.2. The minimum absolute atomic E-state index is 0.101. The highest BCUT2D eigenvalue weighted by atomic mass is 28.4. The fourth-order valence-corrected chi connectivity index (χ4v) is 2.14. The van der Waals surface area contributed by atoms with E-state index in [0.29, 0.717) is 12.0 Å². The first-order valence-electron chi connectivity index (χ1n) is 5.62. The van der Waals surface area contributed by atoms with Crippen molar-refractivity contribution in [1.82, 2.24) is 0 Å². The van der Waals surface area contributed by atoms with E-state index in [1.54, 1.807) is 12.1 Å². The molecule has 0 saturated heterocycles. The van der Waals surface area contributed by atoms with E-state index in [1.165, 1.54) is 6.07 Å². The van der Waals surface area contributed by atoms with Crippen LogP contribution < -0.4 is 0 Å². The van der Waals surface area contributed by atoms with Crippen LogP contribution in [0.25, 0.3) is 0 Å². The Morgan fingerprint density at radius 1 is 1.35 bits per heavy atom. The zero-order valence-electron chi connectivity index (χ0n) is 10.8. The van der Waals surface area contributed by atoms with Crippen molar-refractivity contribution in [3.63, 3.8) is 0 Å². The Labute approximate surface area is 103 Å². The molecule has 3 nitrogen and oxygen atoms in total. The van der Waals surface area contributed by atoms with Crippen molar-refractivity contribution in [2.24, 2.45) is 0 Å². The van der Waals surface area contributed by atoms with Crippen molar-refractivity contribution in [3.8, 4) is 11.8 Å². The smallest absolute Gasteiger partial charge is 0.188 e. The zero-order valence-corrected chi connectivity index (χ0v) is 11.8. The molecule has 1 aromatic carbocycles. The molecule has 92 valence electrons. The molecular weight excluding hydrogens is 230 g/mol. The maximum absolute atomic E-state index is 10.2. The van der Waals surface area contributed by atoms with Gasteiger partial charge in [0.2, 0.25) is 0 Å². The van der Waals surface area contributed by atoms with E-state index in [0.717, 1.165) is 5.56 Å². The lowest BCUT2D eigenvalue weighted by molar-refractivity contribution is 0.465. The molecular formula is C13H19NO2Si. The van der Waals surface area contributed by atoms with E-state index in [9.17, 15) is 9.90 Å². The van der Waals surface area contributed by atoms with Crippen LogP contribution in [0.1, 0.15) is 25.0 Å². The maximum Gasteiger partial charge on any atom is 0.188 e. The molecule has 0 aliphatic heterocycles. The summed E-state index contributed by atoms with van der Waals surface area (Å²) >= 11 is 0. The summed E-state index contributed by atoms with van der Waals surface area (Å²) in [6.45, 7) is 7.85. The third kappa shape index (κ3) is 3.08. The molecule has 0 saturated carbocycles. The standard InChI is InChI=1S/C13H19NO2Si/c1-13(2,17(3,4)16)8-10-5-6-12(15)7-11(10)9-14/h5-7,15-16H,8H2,1-4H3. The molecule has 0 fully saturated rings. The molecule has 0 radical (unpaired) electrons. The topological polar surface area (TPSA) is 64.2 Å². The number of hydrogen-bond acceptors (Lipinski definition) is 3. The average molecular weight is 249 g/mol. The van der Waals surface area contributed by atoms with Crippen molar-refractivity contribution >= 4 is 8.32 Å². The predicted octanol–water partition coefficient (Wildman–Crippen LogP) is 2.78. The minimum Gasteiger partial charge on any atom is -0.508 e. The van der Waals surface area contributed by atoms with Gasteiger partial charge in [-0.25, -0.2) is 0 Å². The van der Waals surface area contributed by atoms with Gasteiger partial charge < -0.3 is 9.90 Å². The Morgan fingerprint density at radius 3 is 2.41 bits per heavy atom. The number of nitriles is 1. The fraction of sp³-hybridized carbons (Fsp3) is 0.462. The molecule has 0 heterocycles. The second-order valence-electron chi connectivity index (χ2n) is 5.57. The number of benzene rings is 1.